The van der Waals surface area contributed by atoms with Crippen molar-refractivity contribution in [3.8, 4) is 5.75 Å². The van der Waals surface area contributed by atoms with Crippen LogP contribution in [0.1, 0.15) is 5.56 Å². The first-order valence-electron chi connectivity index (χ1n) is 6.78. The Morgan fingerprint density at radius 2 is 1.90 bits per heavy atom. The molecule has 0 saturated carbocycles. The maximum Gasteiger partial charge on any atom is 0.143 e. The van der Waals surface area contributed by atoms with Crippen molar-refractivity contribution in [3.63, 3.8) is 0 Å². The number of nitrogen functional groups attached to an aromatic ring is 1. The van der Waals surface area contributed by atoms with Gasteiger partial charge in [-0.05, 0) is 23.8 Å². The van der Waals surface area contributed by atoms with Gasteiger partial charge in [0.2, 0.25) is 0 Å². The molecule has 4 nitrogen and oxygen atoms in total. The highest BCUT2D eigenvalue weighted by molar-refractivity contribution is 5.82. The fraction of sp³-hybridized carbons (Fsp3) is 0.118. The number of nitrogens with one attached hydrogen (secondary N) is 1. The summed E-state index contributed by atoms with van der Waals surface area (Å²) in [6.45, 7) is 0.658. The van der Waals surface area contributed by atoms with Crippen LogP contribution in [0.3, 0.4) is 0 Å². The van der Waals surface area contributed by atoms with Crippen LogP contribution < -0.4 is 15.8 Å². The van der Waals surface area contributed by atoms with Gasteiger partial charge in [0, 0.05) is 18.1 Å². The molecule has 0 spiro atoms. The second-order valence-electron chi connectivity index (χ2n) is 4.77. The third-order valence-corrected chi connectivity index (χ3v) is 3.47. The predicted octanol–water partition coefficient (Wildman–Crippen LogP) is 3.44. The summed E-state index contributed by atoms with van der Waals surface area (Å²) in [5.41, 5.74) is 9.69. The van der Waals surface area contributed by atoms with Gasteiger partial charge < -0.3 is 15.8 Å². The lowest BCUT2D eigenvalue weighted by molar-refractivity contribution is 0.417. The smallest absolute Gasteiger partial charge is 0.143 e. The number of methoxy groups -OCH3 is 1. The highest BCUT2D eigenvalue weighted by Crippen LogP contribution is 2.29. The van der Waals surface area contributed by atoms with E-state index in [9.17, 15) is 0 Å². The summed E-state index contributed by atoms with van der Waals surface area (Å²) in [5.74, 6) is 0.677. The fourth-order valence-corrected chi connectivity index (χ4v) is 2.38. The van der Waals surface area contributed by atoms with Gasteiger partial charge in [-0.3, -0.25) is 4.98 Å². The molecule has 3 N–H and O–H groups in total. The van der Waals surface area contributed by atoms with Gasteiger partial charge in [0.05, 0.1) is 24.0 Å². The van der Waals surface area contributed by atoms with E-state index in [0.717, 1.165) is 22.2 Å². The number of aromatic nitrogens is 1. The second-order valence-corrected chi connectivity index (χ2v) is 4.77. The summed E-state index contributed by atoms with van der Waals surface area (Å²) in [7, 11) is 1.62. The number of benzene rings is 2. The first kappa shape index (κ1) is 13.2. The van der Waals surface area contributed by atoms with Crippen LogP contribution in [0.5, 0.6) is 5.75 Å². The Labute approximate surface area is 123 Å². The van der Waals surface area contributed by atoms with Crippen molar-refractivity contribution in [2.45, 2.75) is 6.54 Å². The standard InChI is InChI=1S/C17H17N3O/c1-21-15-9-3-8-14(16(15)18)20-11-13-6-2-5-12-7-4-10-19-17(12)13/h2-10,20H,11,18H2,1H3. The number of hydrogen-bond donors (Lipinski definition) is 2. The summed E-state index contributed by atoms with van der Waals surface area (Å²) in [6, 6.07) is 15.9. The molecule has 3 aromatic rings. The molecule has 0 aliphatic carbocycles. The van der Waals surface area contributed by atoms with E-state index in [1.54, 1.807) is 7.11 Å². The maximum absolute atomic E-state index is 6.07. The molecule has 3 rings (SSSR count). The van der Waals surface area contributed by atoms with Crippen LogP contribution >= 0.6 is 0 Å². The number of hydrogen-bond acceptors (Lipinski definition) is 4. The molecule has 0 unspecified atom stereocenters. The summed E-state index contributed by atoms with van der Waals surface area (Å²) in [6.07, 6.45) is 1.81. The van der Waals surface area contributed by atoms with Gasteiger partial charge >= 0.3 is 0 Å². The normalized spacial score (nSPS) is 10.5. The van der Waals surface area contributed by atoms with E-state index in [1.807, 2.05) is 36.5 Å². The highest BCUT2D eigenvalue weighted by atomic mass is 16.5. The number of para-hydroxylation sites is 2. The van der Waals surface area contributed by atoms with Crippen molar-refractivity contribution < 1.29 is 4.74 Å². The zero-order valence-corrected chi connectivity index (χ0v) is 11.8. The molecule has 2 aromatic carbocycles. The number of nitrogens with zero attached hydrogens (tertiary/aromatic N) is 1. The molecule has 21 heavy (non-hydrogen) atoms. The fourth-order valence-electron chi connectivity index (χ4n) is 2.38. The van der Waals surface area contributed by atoms with E-state index in [-0.39, 0.29) is 0 Å². The van der Waals surface area contributed by atoms with Gasteiger partial charge in [-0.1, -0.05) is 30.3 Å². The van der Waals surface area contributed by atoms with Gasteiger partial charge in [-0.15, -0.1) is 0 Å². The minimum atomic E-state index is 0.619. The zero-order chi connectivity index (χ0) is 14.7. The van der Waals surface area contributed by atoms with Crippen molar-refractivity contribution in [2.75, 3.05) is 18.2 Å². The van der Waals surface area contributed by atoms with Crippen molar-refractivity contribution in [1.29, 1.82) is 0 Å². The molecule has 0 radical (unpaired) electrons. The number of rotatable bonds is 4. The van der Waals surface area contributed by atoms with Gasteiger partial charge in [0.15, 0.2) is 0 Å². The molecule has 0 aliphatic heterocycles. The van der Waals surface area contributed by atoms with E-state index in [0.29, 0.717) is 18.0 Å². The molecular weight excluding hydrogens is 262 g/mol. The monoisotopic (exact) mass is 279 g/mol. The Morgan fingerprint density at radius 1 is 1.10 bits per heavy atom. The number of ether oxygens (including phenoxy) is 1. The molecule has 0 fully saturated rings. The van der Waals surface area contributed by atoms with E-state index in [1.165, 1.54) is 0 Å². The topological polar surface area (TPSA) is 60.2 Å². The SMILES string of the molecule is COc1cccc(NCc2cccc3cccnc23)c1N. The molecule has 0 atom stereocenters. The molecule has 106 valence electrons. The maximum atomic E-state index is 6.07. The van der Waals surface area contributed by atoms with E-state index in [4.69, 9.17) is 10.5 Å². The molecular formula is C17H17N3O. The van der Waals surface area contributed by atoms with Crippen LogP contribution in [0, 0.1) is 0 Å². The average molecular weight is 279 g/mol. The largest absolute Gasteiger partial charge is 0.495 e. The number of fused-ring (bicyclic) bond motifs is 1. The molecule has 0 aliphatic rings. The summed E-state index contributed by atoms with van der Waals surface area (Å²) in [5, 5.41) is 4.49. The Balaban J connectivity index is 1.87. The van der Waals surface area contributed by atoms with E-state index < -0.39 is 0 Å². The van der Waals surface area contributed by atoms with Crippen molar-refractivity contribution in [1.82, 2.24) is 4.98 Å². The lowest BCUT2D eigenvalue weighted by Crippen LogP contribution is -2.04. The van der Waals surface area contributed by atoms with Gasteiger partial charge in [0.1, 0.15) is 5.75 Å². The number of anilines is 2. The van der Waals surface area contributed by atoms with Crippen molar-refractivity contribution >= 4 is 22.3 Å². The first-order valence-corrected chi connectivity index (χ1v) is 6.78. The summed E-state index contributed by atoms with van der Waals surface area (Å²) in [4.78, 5) is 4.45. The van der Waals surface area contributed by atoms with Crippen molar-refractivity contribution in [3.05, 3.63) is 60.3 Å². The molecule has 4 heteroatoms. The zero-order valence-electron chi connectivity index (χ0n) is 11.8. The van der Waals surface area contributed by atoms with Crippen LogP contribution in [0.25, 0.3) is 10.9 Å². The minimum Gasteiger partial charge on any atom is -0.495 e. The quantitative estimate of drug-likeness (QED) is 0.718. The van der Waals surface area contributed by atoms with Crippen molar-refractivity contribution in [2.24, 2.45) is 0 Å². The van der Waals surface area contributed by atoms with Gasteiger partial charge in [0.25, 0.3) is 0 Å². The highest BCUT2D eigenvalue weighted by Gasteiger charge is 2.06. The Morgan fingerprint density at radius 3 is 2.76 bits per heavy atom. The van der Waals surface area contributed by atoms with Crippen LogP contribution in [-0.2, 0) is 6.54 Å². The predicted molar refractivity (Wildman–Crippen MR) is 86.5 cm³/mol. The first-order chi connectivity index (χ1) is 10.3. The molecule has 1 heterocycles. The lowest BCUT2D eigenvalue weighted by Gasteiger charge is -2.13. The molecule has 1 aromatic heterocycles. The van der Waals surface area contributed by atoms with E-state index in [2.05, 4.69) is 28.5 Å². The summed E-state index contributed by atoms with van der Waals surface area (Å²) >= 11 is 0. The molecule has 0 saturated heterocycles. The number of pyridine rings is 1. The lowest BCUT2D eigenvalue weighted by atomic mass is 10.1. The van der Waals surface area contributed by atoms with Gasteiger partial charge in [-0.2, -0.15) is 0 Å². The number of nitrogens with two attached hydrogens (primary N) is 1. The second kappa shape index (κ2) is 5.71. The average Bonchev–Trinajstić information content (AvgIpc) is 2.54. The van der Waals surface area contributed by atoms with Crippen LogP contribution in [0.15, 0.2) is 54.7 Å². The van der Waals surface area contributed by atoms with Gasteiger partial charge in [-0.25, -0.2) is 0 Å². The Kier molecular flexibility index (Phi) is 3.60. The van der Waals surface area contributed by atoms with Crippen LogP contribution in [0.2, 0.25) is 0 Å². The Hall–Kier alpha value is -2.75. The third kappa shape index (κ3) is 2.60. The molecule has 0 amide bonds. The van der Waals surface area contributed by atoms with Crippen LogP contribution in [0.4, 0.5) is 11.4 Å². The Bertz CT molecular complexity index is 766. The minimum absolute atomic E-state index is 0.619. The van der Waals surface area contributed by atoms with E-state index >= 15 is 0 Å². The molecule has 0 bridgehead atoms. The van der Waals surface area contributed by atoms with Crippen LogP contribution in [-0.4, -0.2) is 12.1 Å². The summed E-state index contributed by atoms with van der Waals surface area (Å²) < 4.78 is 5.23. The third-order valence-electron chi connectivity index (χ3n) is 3.47.